The molecule has 0 bridgehead atoms. The molecule has 100 valence electrons. The molecule has 0 fully saturated rings. The fourth-order valence-corrected chi connectivity index (χ4v) is 2.86. The summed E-state index contributed by atoms with van der Waals surface area (Å²) < 4.78 is 27.2. The van der Waals surface area contributed by atoms with Crippen molar-refractivity contribution in [3.05, 3.63) is 45.4 Å². The van der Waals surface area contributed by atoms with Crippen molar-refractivity contribution in [3.8, 4) is 0 Å². The first-order chi connectivity index (χ1) is 8.88. The van der Waals surface area contributed by atoms with E-state index in [4.69, 9.17) is 23.2 Å². The van der Waals surface area contributed by atoms with Gasteiger partial charge in [0.15, 0.2) is 0 Å². The number of nitrogens with zero attached hydrogens (tertiary/aromatic N) is 2. The van der Waals surface area contributed by atoms with Crippen LogP contribution in [0.5, 0.6) is 0 Å². The largest absolute Gasteiger partial charge is 0.278 e. The van der Waals surface area contributed by atoms with Crippen LogP contribution in [0.3, 0.4) is 0 Å². The molecule has 1 aromatic carbocycles. The summed E-state index contributed by atoms with van der Waals surface area (Å²) >= 11 is 14.7. The minimum Gasteiger partial charge on any atom is -0.278 e. The predicted octanol–water partition coefficient (Wildman–Crippen LogP) is 3.35. The molecule has 0 saturated heterocycles. The van der Waals surface area contributed by atoms with Crippen LogP contribution >= 0.6 is 39.1 Å². The third kappa shape index (κ3) is 3.56. The maximum atomic E-state index is 12.1. The Hall–Kier alpha value is -0.890. The molecule has 9 heteroatoms. The molecule has 0 atom stereocenters. The van der Waals surface area contributed by atoms with Gasteiger partial charge in [0.2, 0.25) is 5.28 Å². The highest BCUT2D eigenvalue weighted by atomic mass is 79.9. The van der Waals surface area contributed by atoms with Gasteiger partial charge in [-0.25, -0.2) is 18.4 Å². The maximum absolute atomic E-state index is 12.1. The van der Waals surface area contributed by atoms with Gasteiger partial charge in [0.05, 0.1) is 23.1 Å². The molecular weight excluding hydrogens is 377 g/mol. The molecule has 1 N–H and O–H groups in total. The summed E-state index contributed by atoms with van der Waals surface area (Å²) in [5.41, 5.74) is 0.256. The predicted molar refractivity (Wildman–Crippen MR) is 77.0 cm³/mol. The van der Waals surface area contributed by atoms with E-state index in [9.17, 15) is 8.42 Å². The minimum absolute atomic E-state index is 0.0283. The highest BCUT2D eigenvalue weighted by molar-refractivity contribution is 9.10. The lowest BCUT2D eigenvalue weighted by Crippen LogP contribution is -2.14. The Morgan fingerprint density at radius 2 is 1.79 bits per heavy atom. The monoisotopic (exact) mass is 381 g/mol. The molecule has 1 heterocycles. The van der Waals surface area contributed by atoms with Gasteiger partial charge in [0, 0.05) is 4.47 Å². The van der Waals surface area contributed by atoms with Gasteiger partial charge in [-0.1, -0.05) is 27.5 Å². The van der Waals surface area contributed by atoms with E-state index >= 15 is 0 Å². The topological polar surface area (TPSA) is 72.0 Å². The van der Waals surface area contributed by atoms with Crippen molar-refractivity contribution in [2.24, 2.45) is 0 Å². The van der Waals surface area contributed by atoms with Gasteiger partial charge in [0.25, 0.3) is 10.0 Å². The molecule has 0 amide bonds. The van der Waals surface area contributed by atoms with E-state index in [1.54, 1.807) is 18.2 Å². The summed E-state index contributed by atoms with van der Waals surface area (Å²) in [6.45, 7) is 0. The number of hydrogen-bond acceptors (Lipinski definition) is 4. The van der Waals surface area contributed by atoms with Crippen LogP contribution in [-0.2, 0) is 10.0 Å². The number of halogens is 3. The number of anilines is 1. The molecule has 0 spiro atoms. The number of nitrogens with one attached hydrogen (secondary N) is 1. The molecule has 0 aliphatic carbocycles. The fraction of sp³-hybridized carbons (Fsp3) is 0. The molecule has 0 saturated carbocycles. The molecule has 0 aliphatic rings. The molecule has 2 aromatic rings. The van der Waals surface area contributed by atoms with Gasteiger partial charge < -0.3 is 0 Å². The lowest BCUT2D eigenvalue weighted by molar-refractivity contribution is 0.600. The summed E-state index contributed by atoms with van der Waals surface area (Å²) in [6, 6.07) is 4.82. The van der Waals surface area contributed by atoms with E-state index < -0.39 is 10.0 Å². The summed E-state index contributed by atoms with van der Waals surface area (Å²) in [5, 5.41) is 0.251. The van der Waals surface area contributed by atoms with E-state index in [-0.39, 0.29) is 20.9 Å². The number of sulfonamides is 1. The van der Waals surface area contributed by atoms with E-state index in [0.29, 0.717) is 4.47 Å². The van der Waals surface area contributed by atoms with Crippen LogP contribution in [0.4, 0.5) is 5.69 Å². The zero-order chi connectivity index (χ0) is 14.0. The van der Waals surface area contributed by atoms with Gasteiger partial charge in [0.1, 0.15) is 4.90 Å². The van der Waals surface area contributed by atoms with Gasteiger partial charge in [-0.2, -0.15) is 0 Å². The van der Waals surface area contributed by atoms with Crippen molar-refractivity contribution in [2.75, 3.05) is 4.72 Å². The molecule has 5 nitrogen and oxygen atoms in total. The molecule has 0 aliphatic heterocycles. The van der Waals surface area contributed by atoms with Crippen molar-refractivity contribution < 1.29 is 8.42 Å². The van der Waals surface area contributed by atoms with Crippen molar-refractivity contribution >= 4 is 54.8 Å². The molecule has 19 heavy (non-hydrogen) atoms. The van der Waals surface area contributed by atoms with Crippen molar-refractivity contribution in [3.63, 3.8) is 0 Å². The lowest BCUT2D eigenvalue weighted by Gasteiger charge is -2.09. The first kappa shape index (κ1) is 14.5. The maximum Gasteiger partial charge on any atom is 0.265 e. The SMILES string of the molecule is O=S(=O)(Nc1cc(Br)ccc1Cl)c1cnc(Cl)nc1. The normalized spacial score (nSPS) is 11.3. The molecule has 2 rings (SSSR count). The summed E-state index contributed by atoms with van der Waals surface area (Å²) in [6.07, 6.45) is 2.23. The standard InChI is InChI=1S/C10H6BrCl2N3O2S/c11-6-1-2-8(12)9(3-6)16-19(17,18)7-4-14-10(13)15-5-7/h1-5,16H. The average molecular weight is 383 g/mol. The summed E-state index contributed by atoms with van der Waals surface area (Å²) in [4.78, 5) is 7.14. The first-order valence-corrected chi connectivity index (χ1v) is 7.87. The van der Waals surface area contributed by atoms with Crippen molar-refractivity contribution in [2.45, 2.75) is 4.90 Å². The average Bonchev–Trinajstić information content (AvgIpc) is 2.34. The smallest absolute Gasteiger partial charge is 0.265 e. The summed E-state index contributed by atoms with van der Waals surface area (Å²) in [7, 11) is -3.81. The van der Waals surface area contributed by atoms with Crippen LogP contribution in [0.15, 0.2) is 40.0 Å². The third-order valence-corrected chi connectivity index (χ3v) is 4.42. The van der Waals surface area contributed by atoms with E-state index in [1.165, 1.54) is 0 Å². The van der Waals surface area contributed by atoms with Gasteiger partial charge in [-0.15, -0.1) is 0 Å². The summed E-state index contributed by atoms with van der Waals surface area (Å²) in [5.74, 6) is 0. The number of rotatable bonds is 3. The van der Waals surface area contributed by atoms with E-state index in [2.05, 4.69) is 30.6 Å². The second-order valence-electron chi connectivity index (χ2n) is 3.42. The second kappa shape index (κ2) is 5.62. The Balaban J connectivity index is 2.36. The molecular formula is C10H6BrCl2N3O2S. The second-order valence-corrected chi connectivity index (χ2v) is 6.76. The van der Waals surface area contributed by atoms with Crippen LogP contribution in [0.2, 0.25) is 10.3 Å². The molecule has 1 aromatic heterocycles. The first-order valence-electron chi connectivity index (χ1n) is 4.84. The zero-order valence-corrected chi connectivity index (χ0v) is 13.1. The van der Waals surface area contributed by atoms with E-state index in [1.807, 2.05) is 0 Å². The highest BCUT2D eigenvalue weighted by Gasteiger charge is 2.17. The van der Waals surface area contributed by atoms with Crippen LogP contribution in [0.25, 0.3) is 0 Å². The van der Waals surface area contributed by atoms with Gasteiger partial charge in [-0.05, 0) is 29.8 Å². The highest BCUT2D eigenvalue weighted by Crippen LogP contribution is 2.27. The number of hydrogen-bond donors (Lipinski definition) is 1. The fourth-order valence-electron chi connectivity index (χ4n) is 1.22. The Bertz CT molecular complexity index is 707. The Morgan fingerprint density at radius 3 is 2.42 bits per heavy atom. The Labute approximate surface area is 128 Å². The van der Waals surface area contributed by atoms with Crippen molar-refractivity contribution in [1.82, 2.24) is 9.97 Å². The number of aromatic nitrogens is 2. The Kier molecular flexibility index (Phi) is 4.29. The molecule has 0 unspecified atom stereocenters. The Morgan fingerprint density at radius 1 is 1.16 bits per heavy atom. The minimum atomic E-state index is -3.81. The van der Waals surface area contributed by atoms with Crippen LogP contribution < -0.4 is 4.72 Å². The van der Waals surface area contributed by atoms with Crippen LogP contribution in [-0.4, -0.2) is 18.4 Å². The van der Waals surface area contributed by atoms with Crippen molar-refractivity contribution in [1.29, 1.82) is 0 Å². The third-order valence-electron chi connectivity index (χ3n) is 2.08. The van der Waals surface area contributed by atoms with Crippen LogP contribution in [0.1, 0.15) is 0 Å². The zero-order valence-electron chi connectivity index (χ0n) is 9.14. The molecule has 0 radical (unpaired) electrons. The lowest BCUT2D eigenvalue weighted by atomic mass is 10.3. The quantitative estimate of drug-likeness (QED) is 0.826. The van der Waals surface area contributed by atoms with E-state index in [0.717, 1.165) is 12.4 Å². The number of benzene rings is 1. The van der Waals surface area contributed by atoms with Gasteiger partial charge in [-0.3, -0.25) is 4.72 Å². The van der Waals surface area contributed by atoms with Gasteiger partial charge >= 0.3 is 0 Å². The van der Waals surface area contributed by atoms with Crippen LogP contribution in [0, 0.1) is 0 Å².